The first-order valence-corrected chi connectivity index (χ1v) is 13.8. The van der Waals surface area contributed by atoms with E-state index in [4.69, 9.17) is 24.9 Å². The van der Waals surface area contributed by atoms with Crippen LogP contribution in [0.2, 0.25) is 0 Å². The fourth-order valence-corrected chi connectivity index (χ4v) is 5.06. The first kappa shape index (κ1) is 31.5. The van der Waals surface area contributed by atoms with Gasteiger partial charge >= 0.3 is 19.4 Å². The van der Waals surface area contributed by atoms with Gasteiger partial charge in [0.25, 0.3) is 5.56 Å². The molecule has 0 amide bonds. The second kappa shape index (κ2) is 14.0. The van der Waals surface area contributed by atoms with Gasteiger partial charge in [0, 0.05) is 19.4 Å². The number of ether oxygens (including phenoxy) is 2. The second-order valence-corrected chi connectivity index (χ2v) is 10.4. The van der Waals surface area contributed by atoms with Crippen molar-refractivity contribution in [2.24, 2.45) is 0 Å². The van der Waals surface area contributed by atoms with Crippen molar-refractivity contribution in [1.29, 1.82) is 0 Å². The summed E-state index contributed by atoms with van der Waals surface area (Å²) in [5.41, 5.74) is -3.83. The maximum atomic E-state index is 13.8. The Morgan fingerprint density at radius 3 is 2.37 bits per heavy atom. The zero-order valence-corrected chi connectivity index (χ0v) is 23.1. The maximum absolute atomic E-state index is 13.8. The third-order valence-electron chi connectivity index (χ3n) is 5.78. The van der Waals surface area contributed by atoms with Crippen molar-refractivity contribution in [1.82, 2.24) is 14.6 Å². The number of H-pyrrole nitrogens is 1. The topological polar surface area (TPSA) is 178 Å². The van der Waals surface area contributed by atoms with Crippen LogP contribution < -0.4 is 20.9 Å². The Morgan fingerprint density at radius 1 is 1.15 bits per heavy atom. The number of terminal acetylenes is 1. The molecule has 0 saturated carbocycles. The predicted octanol–water partition coefficient (Wildman–Crippen LogP) is 1.12. The molecule has 1 unspecified atom stereocenters. The number of carbonyl (C=O) groups is 1. The van der Waals surface area contributed by atoms with Crippen molar-refractivity contribution in [3.05, 3.63) is 99.3 Å². The van der Waals surface area contributed by atoms with Crippen molar-refractivity contribution in [2.75, 3.05) is 13.7 Å². The van der Waals surface area contributed by atoms with Crippen LogP contribution >= 0.6 is 7.75 Å². The molecule has 3 rings (SSSR count). The molecule has 3 aromatic rings. The van der Waals surface area contributed by atoms with Crippen molar-refractivity contribution in [3.63, 3.8) is 0 Å². The van der Waals surface area contributed by atoms with Crippen LogP contribution in [0.3, 0.4) is 0 Å². The van der Waals surface area contributed by atoms with Gasteiger partial charge in [-0.1, -0.05) is 48.5 Å². The van der Waals surface area contributed by atoms with Crippen LogP contribution in [0.1, 0.15) is 12.5 Å². The summed E-state index contributed by atoms with van der Waals surface area (Å²) in [6.07, 6.45) is 2.80. The van der Waals surface area contributed by atoms with Gasteiger partial charge in [-0.25, -0.2) is 9.36 Å². The van der Waals surface area contributed by atoms with Gasteiger partial charge in [0.05, 0.1) is 6.61 Å². The van der Waals surface area contributed by atoms with Gasteiger partial charge < -0.3 is 24.2 Å². The number of para-hydroxylation sites is 1. The van der Waals surface area contributed by atoms with Gasteiger partial charge in [-0.3, -0.25) is 23.7 Å². The van der Waals surface area contributed by atoms with Gasteiger partial charge in [0.2, 0.25) is 5.72 Å². The van der Waals surface area contributed by atoms with Crippen molar-refractivity contribution in [3.8, 4) is 18.1 Å². The molecule has 0 saturated heterocycles. The number of hydrogen-bond donors (Lipinski definition) is 4. The summed E-state index contributed by atoms with van der Waals surface area (Å²) in [5, 5.41) is 24.4. The quantitative estimate of drug-likeness (QED) is 0.121. The number of esters is 1. The number of methoxy groups -OCH3 is 1. The number of benzene rings is 2. The minimum Gasteiger partial charge on any atom is -0.460 e. The monoisotopic (exact) mass is 587 g/mol. The number of rotatable bonds is 14. The molecule has 41 heavy (non-hydrogen) atoms. The van der Waals surface area contributed by atoms with E-state index in [9.17, 15) is 29.2 Å². The third-order valence-corrected chi connectivity index (χ3v) is 7.42. The molecule has 1 aromatic heterocycles. The highest BCUT2D eigenvalue weighted by Gasteiger charge is 2.44. The van der Waals surface area contributed by atoms with E-state index in [1.165, 1.54) is 19.1 Å². The van der Waals surface area contributed by atoms with E-state index in [0.717, 1.165) is 24.9 Å². The van der Waals surface area contributed by atoms with Gasteiger partial charge in [-0.05, 0) is 30.5 Å². The molecule has 0 radical (unpaired) electrons. The van der Waals surface area contributed by atoms with Gasteiger partial charge in [-0.2, -0.15) is 5.09 Å². The lowest BCUT2D eigenvalue weighted by Crippen LogP contribution is -2.56. The SMILES string of the molecule is C#C[C@@](O)([C@H](O)[C@@H](COP(=O)(N[C@@H](C)C(=O)OCc1ccccc1)Oc1ccccc1)OC)n1ccc(=O)[nH]c1=O. The minimum atomic E-state index is -4.39. The maximum Gasteiger partial charge on any atom is 0.459 e. The summed E-state index contributed by atoms with van der Waals surface area (Å²) in [6, 6.07) is 16.6. The van der Waals surface area contributed by atoms with Crippen molar-refractivity contribution in [2.45, 2.75) is 37.5 Å². The summed E-state index contributed by atoms with van der Waals surface area (Å²) in [7, 11) is -3.25. The summed E-state index contributed by atoms with van der Waals surface area (Å²) in [4.78, 5) is 38.3. The van der Waals surface area contributed by atoms with Crippen molar-refractivity contribution < 1.29 is 38.1 Å². The van der Waals surface area contributed by atoms with E-state index in [1.54, 1.807) is 42.5 Å². The van der Waals surface area contributed by atoms with Gasteiger partial charge in [0.15, 0.2) is 0 Å². The molecule has 2 aromatic carbocycles. The summed E-state index contributed by atoms with van der Waals surface area (Å²) in [6.45, 7) is 0.659. The Balaban J connectivity index is 1.79. The van der Waals surface area contributed by atoms with Crippen molar-refractivity contribution >= 4 is 13.7 Å². The smallest absolute Gasteiger partial charge is 0.459 e. The first-order valence-electron chi connectivity index (χ1n) is 12.2. The van der Waals surface area contributed by atoms with E-state index < -0.39 is 55.5 Å². The molecule has 5 atom stereocenters. The Labute approximate surface area is 235 Å². The average molecular weight is 588 g/mol. The fourth-order valence-electron chi connectivity index (χ4n) is 3.56. The summed E-state index contributed by atoms with van der Waals surface area (Å²) < 4.78 is 35.9. The first-order chi connectivity index (χ1) is 19.5. The lowest BCUT2D eigenvalue weighted by molar-refractivity contribution is -0.154. The molecule has 0 fully saturated rings. The molecule has 13 nitrogen and oxygen atoms in total. The number of hydrogen-bond acceptors (Lipinski definition) is 10. The number of aliphatic hydroxyl groups excluding tert-OH is 1. The number of aromatic nitrogens is 2. The highest BCUT2D eigenvalue weighted by Crippen LogP contribution is 2.45. The Hall–Kier alpha value is -4.02. The average Bonchev–Trinajstić information content (AvgIpc) is 2.96. The standard InChI is InChI=1S/C27H30N3O10P/c1-4-27(35,30-16-15-23(31)28-26(30)34)24(32)22(37-3)18-39-41(36,40-21-13-9-6-10-14-21)29-19(2)25(33)38-17-20-11-7-5-8-12-20/h1,5-16,19,22,24,32,35H,17-18H2,2-3H3,(H,29,36)(H,28,31,34)/t19-,22+,24+,27+,41?/m0/s1. The lowest BCUT2D eigenvalue weighted by Gasteiger charge is -2.34. The highest BCUT2D eigenvalue weighted by atomic mass is 31.2. The van der Waals surface area contributed by atoms with Crippen LogP contribution in [0.25, 0.3) is 0 Å². The largest absolute Gasteiger partial charge is 0.460 e. The molecule has 0 aliphatic heterocycles. The number of nitrogens with one attached hydrogen (secondary N) is 2. The summed E-state index contributed by atoms with van der Waals surface area (Å²) >= 11 is 0. The Morgan fingerprint density at radius 2 is 1.78 bits per heavy atom. The molecule has 218 valence electrons. The normalized spacial score (nSPS) is 16.3. The predicted molar refractivity (Wildman–Crippen MR) is 147 cm³/mol. The Bertz CT molecular complexity index is 1510. The molecule has 0 bridgehead atoms. The van der Waals surface area contributed by atoms with E-state index in [1.807, 2.05) is 17.0 Å². The second-order valence-electron chi connectivity index (χ2n) is 8.71. The molecule has 1 heterocycles. The van der Waals surface area contributed by atoms with Crippen LogP contribution in [-0.2, 0) is 35.7 Å². The molecule has 0 spiro atoms. The van der Waals surface area contributed by atoms with Gasteiger partial charge in [-0.15, -0.1) is 6.42 Å². The molecular formula is C27H30N3O10P. The van der Waals surface area contributed by atoms with Crippen LogP contribution in [0.15, 0.2) is 82.5 Å². The number of nitrogens with zero attached hydrogens (tertiary/aromatic N) is 1. The van der Waals surface area contributed by atoms with Crippen LogP contribution in [0, 0.1) is 12.3 Å². The van der Waals surface area contributed by atoms with E-state index in [2.05, 4.69) is 5.09 Å². The van der Waals surface area contributed by atoms with Crippen LogP contribution in [0.4, 0.5) is 0 Å². The van der Waals surface area contributed by atoms with Gasteiger partial charge in [0.1, 0.15) is 30.6 Å². The molecular weight excluding hydrogens is 557 g/mol. The molecule has 14 heteroatoms. The summed E-state index contributed by atoms with van der Waals surface area (Å²) in [5.74, 6) is 1.29. The molecule has 0 aliphatic carbocycles. The zero-order valence-electron chi connectivity index (χ0n) is 22.2. The highest BCUT2D eigenvalue weighted by molar-refractivity contribution is 7.52. The Kier molecular flexibility index (Phi) is 10.8. The van der Waals surface area contributed by atoms with E-state index in [0.29, 0.717) is 4.57 Å². The minimum absolute atomic E-state index is 0.0247. The van der Waals surface area contributed by atoms with Crippen LogP contribution in [-0.4, -0.2) is 57.7 Å². The zero-order chi connectivity index (χ0) is 30.0. The lowest BCUT2D eigenvalue weighted by atomic mass is 10.0. The molecule has 0 aliphatic rings. The fraction of sp³-hybridized carbons (Fsp3) is 0.296. The molecule has 4 N–H and O–H groups in total. The van der Waals surface area contributed by atoms with Crippen LogP contribution in [0.5, 0.6) is 5.75 Å². The number of carbonyl (C=O) groups excluding carboxylic acids is 1. The third kappa shape index (κ3) is 8.25. The van der Waals surface area contributed by atoms with E-state index in [-0.39, 0.29) is 12.4 Å². The van der Waals surface area contributed by atoms with E-state index >= 15 is 0 Å². The number of aliphatic hydroxyl groups is 2. The number of aromatic amines is 1.